The van der Waals surface area contributed by atoms with Gasteiger partial charge in [-0.2, -0.15) is 0 Å². The van der Waals surface area contributed by atoms with Crippen LogP contribution >= 0.6 is 0 Å². The summed E-state index contributed by atoms with van der Waals surface area (Å²) in [5.41, 5.74) is 8.84. The maximum absolute atomic E-state index is 12.7. The highest BCUT2D eigenvalue weighted by Crippen LogP contribution is 2.26. The van der Waals surface area contributed by atoms with Crippen molar-refractivity contribution >= 4 is 32.2 Å². The average molecular weight is 419 g/mol. The fourth-order valence-electron chi connectivity index (χ4n) is 3.37. The molecule has 0 aliphatic rings. The number of aromatic nitrogens is 2. The van der Waals surface area contributed by atoms with Gasteiger partial charge in [0, 0.05) is 24.7 Å². The number of aryl methyl sites for hydroxylation is 1. The van der Waals surface area contributed by atoms with Gasteiger partial charge in [0.15, 0.2) is 0 Å². The molecule has 4 rings (SSSR count). The number of rotatable bonds is 5. The van der Waals surface area contributed by atoms with Crippen LogP contribution in [-0.4, -0.2) is 25.4 Å². The van der Waals surface area contributed by atoms with Gasteiger partial charge in [0.25, 0.3) is 0 Å². The first kappa shape index (κ1) is 19.8. The number of nitrogens with zero attached hydrogens (tertiary/aromatic N) is 3. The van der Waals surface area contributed by atoms with Crippen molar-refractivity contribution in [2.24, 2.45) is 0 Å². The van der Waals surface area contributed by atoms with E-state index in [2.05, 4.69) is 14.9 Å². The van der Waals surface area contributed by atoms with Crippen LogP contribution in [0.2, 0.25) is 0 Å². The van der Waals surface area contributed by atoms with Gasteiger partial charge in [0.2, 0.25) is 9.84 Å². The van der Waals surface area contributed by atoms with Gasteiger partial charge in [-0.25, -0.2) is 18.4 Å². The van der Waals surface area contributed by atoms with Gasteiger partial charge in [-0.1, -0.05) is 30.3 Å². The molecule has 2 N–H and O–H groups in total. The van der Waals surface area contributed by atoms with Crippen LogP contribution in [0.4, 0.5) is 11.5 Å². The molecule has 0 spiro atoms. The second-order valence-corrected chi connectivity index (χ2v) is 9.12. The smallest absolute Gasteiger partial charge is 0.206 e. The summed E-state index contributed by atoms with van der Waals surface area (Å²) in [5.74, 6) is 1.11. The standard InChI is InChI=1S/C23H22N4O2S/c1-16-25-22-13-10-18(14-21(22)23(24)26-16)27(2)15-17-8-11-20(12-9-17)30(28,29)19-6-4-3-5-7-19/h3-14H,15H2,1-2H3,(H2,24,25,26). The molecule has 4 aromatic rings. The van der Waals surface area contributed by atoms with Gasteiger partial charge < -0.3 is 10.6 Å². The number of nitrogen functional groups attached to an aromatic ring is 1. The summed E-state index contributed by atoms with van der Waals surface area (Å²) in [5, 5.41) is 0.814. The predicted molar refractivity (Wildman–Crippen MR) is 119 cm³/mol. The Kier molecular flexibility index (Phi) is 5.13. The van der Waals surface area contributed by atoms with E-state index >= 15 is 0 Å². The lowest BCUT2D eigenvalue weighted by atomic mass is 10.1. The molecule has 0 aliphatic carbocycles. The topological polar surface area (TPSA) is 89.2 Å². The molecule has 0 bridgehead atoms. The lowest BCUT2D eigenvalue weighted by molar-refractivity contribution is 0.596. The van der Waals surface area contributed by atoms with E-state index in [1.165, 1.54) is 0 Å². The molecule has 0 fully saturated rings. The minimum absolute atomic E-state index is 0.283. The molecule has 152 valence electrons. The van der Waals surface area contributed by atoms with E-state index in [1.54, 1.807) is 42.5 Å². The summed E-state index contributed by atoms with van der Waals surface area (Å²) >= 11 is 0. The maximum atomic E-state index is 12.7. The highest BCUT2D eigenvalue weighted by atomic mass is 32.2. The average Bonchev–Trinajstić information content (AvgIpc) is 2.74. The molecular weight excluding hydrogens is 396 g/mol. The Balaban J connectivity index is 1.56. The summed E-state index contributed by atoms with van der Waals surface area (Å²) in [6, 6.07) is 21.3. The second kappa shape index (κ2) is 7.76. The van der Waals surface area contributed by atoms with Crippen molar-refractivity contribution in [3.05, 3.63) is 84.2 Å². The van der Waals surface area contributed by atoms with E-state index in [-0.39, 0.29) is 4.90 Å². The first-order chi connectivity index (χ1) is 14.3. The maximum Gasteiger partial charge on any atom is 0.206 e. The van der Waals surface area contributed by atoms with Crippen molar-refractivity contribution in [1.82, 2.24) is 9.97 Å². The molecule has 1 heterocycles. The monoisotopic (exact) mass is 418 g/mol. The third-order valence-corrected chi connectivity index (χ3v) is 6.75. The van der Waals surface area contributed by atoms with E-state index in [1.807, 2.05) is 44.3 Å². The number of sulfone groups is 1. The third-order valence-electron chi connectivity index (χ3n) is 4.97. The fourth-order valence-corrected chi connectivity index (χ4v) is 4.65. The van der Waals surface area contributed by atoms with Crippen LogP contribution in [0.15, 0.2) is 82.6 Å². The summed E-state index contributed by atoms with van der Waals surface area (Å²) < 4.78 is 25.5. The molecule has 30 heavy (non-hydrogen) atoms. The van der Waals surface area contributed by atoms with Crippen molar-refractivity contribution in [3.63, 3.8) is 0 Å². The molecule has 1 aromatic heterocycles. The van der Waals surface area contributed by atoms with E-state index in [0.29, 0.717) is 23.1 Å². The van der Waals surface area contributed by atoms with Crippen molar-refractivity contribution in [1.29, 1.82) is 0 Å². The number of fused-ring (bicyclic) bond motifs is 1. The zero-order chi connectivity index (χ0) is 21.3. The molecule has 0 saturated heterocycles. The normalized spacial score (nSPS) is 11.5. The molecule has 0 unspecified atom stereocenters. The zero-order valence-corrected chi connectivity index (χ0v) is 17.6. The van der Waals surface area contributed by atoms with Crippen molar-refractivity contribution < 1.29 is 8.42 Å². The van der Waals surface area contributed by atoms with Crippen LogP contribution in [0.1, 0.15) is 11.4 Å². The minimum Gasteiger partial charge on any atom is -0.383 e. The Labute approximate surface area is 175 Å². The highest BCUT2D eigenvalue weighted by Gasteiger charge is 2.17. The van der Waals surface area contributed by atoms with Gasteiger partial charge in [-0.05, 0) is 55.0 Å². The van der Waals surface area contributed by atoms with Crippen LogP contribution < -0.4 is 10.6 Å². The Hall–Kier alpha value is -3.45. The zero-order valence-electron chi connectivity index (χ0n) is 16.8. The quantitative estimate of drug-likeness (QED) is 0.527. The fraction of sp³-hybridized carbons (Fsp3) is 0.130. The summed E-state index contributed by atoms with van der Waals surface area (Å²) in [6.07, 6.45) is 0. The lowest BCUT2D eigenvalue weighted by Crippen LogP contribution is -2.16. The molecule has 0 aliphatic heterocycles. The summed E-state index contributed by atoms with van der Waals surface area (Å²) in [6.45, 7) is 2.43. The number of nitrogens with two attached hydrogens (primary N) is 1. The van der Waals surface area contributed by atoms with E-state index in [9.17, 15) is 8.42 Å². The molecule has 6 nitrogen and oxygen atoms in total. The van der Waals surface area contributed by atoms with Crippen molar-refractivity contribution in [2.45, 2.75) is 23.3 Å². The molecular formula is C23H22N4O2S. The number of anilines is 2. The van der Waals surface area contributed by atoms with E-state index in [0.717, 1.165) is 22.2 Å². The molecule has 0 amide bonds. The van der Waals surface area contributed by atoms with Gasteiger partial charge in [0.05, 0.1) is 15.3 Å². The first-order valence-corrected chi connectivity index (χ1v) is 11.0. The summed E-state index contributed by atoms with van der Waals surface area (Å²) in [4.78, 5) is 11.3. The van der Waals surface area contributed by atoms with Crippen LogP contribution in [0, 0.1) is 6.92 Å². The van der Waals surface area contributed by atoms with Crippen molar-refractivity contribution in [2.75, 3.05) is 17.7 Å². The molecule has 0 atom stereocenters. The van der Waals surface area contributed by atoms with Gasteiger partial charge in [-0.15, -0.1) is 0 Å². The first-order valence-electron chi connectivity index (χ1n) is 9.49. The van der Waals surface area contributed by atoms with Gasteiger partial charge >= 0.3 is 0 Å². The highest BCUT2D eigenvalue weighted by molar-refractivity contribution is 7.91. The number of hydrogen-bond donors (Lipinski definition) is 1. The van der Waals surface area contributed by atoms with Gasteiger partial charge in [-0.3, -0.25) is 0 Å². The molecule has 0 saturated carbocycles. The molecule has 3 aromatic carbocycles. The number of benzene rings is 3. The van der Waals surface area contributed by atoms with E-state index in [4.69, 9.17) is 5.73 Å². The Morgan fingerprint density at radius 1 is 0.900 bits per heavy atom. The predicted octanol–water partition coefficient (Wildman–Crippen LogP) is 3.99. The largest absolute Gasteiger partial charge is 0.383 e. The third kappa shape index (κ3) is 3.84. The number of hydrogen-bond acceptors (Lipinski definition) is 6. The lowest BCUT2D eigenvalue weighted by Gasteiger charge is -2.20. The van der Waals surface area contributed by atoms with Crippen LogP contribution in [0.5, 0.6) is 0 Å². The Morgan fingerprint density at radius 2 is 1.57 bits per heavy atom. The van der Waals surface area contributed by atoms with Crippen LogP contribution in [0.25, 0.3) is 10.9 Å². The van der Waals surface area contributed by atoms with E-state index < -0.39 is 9.84 Å². The second-order valence-electron chi connectivity index (χ2n) is 7.17. The minimum atomic E-state index is -3.51. The molecule has 7 heteroatoms. The summed E-state index contributed by atoms with van der Waals surface area (Å²) in [7, 11) is -1.54. The molecule has 0 radical (unpaired) electrons. The van der Waals surface area contributed by atoms with Gasteiger partial charge in [0.1, 0.15) is 11.6 Å². The SMILES string of the molecule is Cc1nc(N)c2cc(N(C)Cc3ccc(S(=O)(=O)c4ccccc4)cc3)ccc2n1. The Morgan fingerprint density at radius 3 is 2.27 bits per heavy atom. The van der Waals surface area contributed by atoms with Crippen LogP contribution in [0.3, 0.4) is 0 Å². The van der Waals surface area contributed by atoms with Crippen LogP contribution in [-0.2, 0) is 16.4 Å². The van der Waals surface area contributed by atoms with Crippen molar-refractivity contribution in [3.8, 4) is 0 Å². The Bertz CT molecular complexity index is 1300.